The van der Waals surface area contributed by atoms with E-state index < -0.39 is 4.92 Å². The Kier molecular flexibility index (Phi) is 5.03. The molecule has 8 nitrogen and oxygen atoms in total. The Balaban J connectivity index is 1.41. The van der Waals surface area contributed by atoms with E-state index in [1.807, 2.05) is 6.07 Å². The highest BCUT2D eigenvalue weighted by Gasteiger charge is 2.29. The Morgan fingerprint density at radius 2 is 1.75 bits per heavy atom. The summed E-state index contributed by atoms with van der Waals surface area (Å²) >= 11 is 0. The lowest BCUT2D eigenvalue weighted by Gasteiger charge is -2.35. The van der Waals surface area contributed by atoms with Gasteiger partial charge < -0.3 is 14.2 Å². The molecule has 0 amide bonds. The maximum absolute atomic E-state index is 10.8. The first-order chi connectivity index (χ1) is 13.6. The Labute approximate surface area is 162 Å². The van der Waals surface area contributed by atoms with Crippen LogP contribution in [0.25, 0.3) is 11.5 Å². The third kappa shape index (κ3) is 3.72. The number of nitro groups is 1. The van der Waals surface area contributed by atoms with Gasteiger partial charge in [-0.05, 0) is 31.2 Å². The summed E-state index contributed by atoms with van der Waals surface area (Å²) in [5.74, 6) is 0.982. The monoisotopic (exact) mass is 380 g/mol. The van der Waals surface area contributed by atoms with Crippen LogP contribution in [-0.2, 0) is 0 Å². The van der Waals surface area contributed by atoms with Crippen LogP contribution in [0.1, 0.15) is 18.9 Å². The molecule has 3 aromatic rings. The van der Waals surface area contributed by atoms with Crippen LogP contribution in [0, 0.1) is 10.1 Å². The summed E-state index contributed by atoms with van der Waals surface area (Å²) in [6.07, 6.45) is 0. The lowest BCUT2D eigenvalue weighted by atomic mass is 10.2. The zero-order chi connectivity index (χ0) is 19.5. The molecule has 1 atom stereocenters. The molecule has 1 aliphatic rings. The molecule has 1 aliphatic heterocycles. The molecule has 1 saturated heterocycles. The molecule has 0 aliphatic carbocycles. The van der Waals surface area contributed by atoms with Crippen molar-refractivity contribution in [2.24, 2.45) is 0 Å². The van der Waals surface area contributed by atoms with Crippen LogP contribution in [0.5, 0.6) is 0 Å². The van der Waals surface area contributed by atoms with Crippen molar-refractivity contribution in [3.05, 3.63) is 70.6 Å². The number of hydrogen-bond donors (Lipinski definition) is 1. The van der Waals surface area contributed by atoms with Gasteiger partial charge in [0.1, 0.15) is 0 Å². The predicted octanol–water partition coefficient (Wildman–Crippen LogP) is 2.11. The Hall–Kier alpha value is -3.26. The van der Waals surface area contributed by atoms with Gasteiger partial charge in [-0.3, -0.25) is 10.1 Å². The van der Waals surface area contributed by atoms with Gasteiger partial charge in [0.15, 0.2) is 6.04 Å². The van der Waals surface area contributed by atoms with E-state index in [2.05, 4.69) is 46.3 Å². The van der Waals surface area contributed by atoms with Crippen molar-refractivity contribution >= 4 is 11.4 Å². The first-order valence-electron chi connectivity index (χ1n) is 9.34. The van der Waals surface area contributed by atoms with Gasteiger partial charge in [-0.1, -0.05) is 18.2 Å². The van der Waals surface area contributed by atoms with Gasteiger partial charge in [0, 0.05) is 23.4 Å². The molecule has 4 rings (SSSR count). The molecule has 0 saturated carbocycles. The number of nitrogens with zero attached hydrogens (tertiary/aromatic N) is 4. The van der Waals surface area contributed by atoms with E-state index >= 15 is 0 Å². The number of hydrogen-bond acceptors (Lipinski definition) is 6. The molecule has 0 spiro atoms. The molecular weight excluding hydrogens is 358 g/mol. The second kappa shape index (κ2) is 7.77. The number of nitro benzene ring substituents is 1. The summed E-state index contributed by atoms with van der Waals surface area (Å²) in [7, 11) is 0. The second-order valence-electron chi connectivity index (χ2n) is 6.95. The summed E-state index contributed by atoms with van der Waals surface area (Å²) in [5.41, 5.74) is 1.98. The average Bonchev–Trinajstić information content (AvgIpc) is 3.24. The summed E-state index contributed by atoms with van der Waals surface area (Å²) in [6, 6.07) is 16.7. The van der Waals surface area contributed by atoms with Crippen molar-refractivity contribution in [3.8, 4) is 11.5 Å². The van der Waals surface area contributed by atoms with Gasteiger partial charge in [0.05, 0.1) is 31.1 Å². The minimum atomic E-state index is -0.427. The number of nitrogens with one attached hydrogen (secondary N) is 1. The van der Waals surface area contributed by atoms with Gasteiger partial charge >= 0.3 is 0 Å². The van der Waals surface area contributed by atoms with Crippen molar-refractivity contribution in [1.29, 1.82) is 0 Å². The van der Waals surface area contributed by atoms with Gasteiger partial charge in [0.2, 0.25) is 5.89 Å². The van der Waals surface area contributed by atoms with Crippen molar-refractivity contribution in [2.45, 2.75) is 13.0 Å². The van der Waals surface area contributed by atoms with E-state index in [-0.39, 0.29) is 11.7 Å². The fourth-order valence-corrected chi connectivity index (χ4v) is 3.55. The topological polar surface area (TPSA) is 89.7 Å². The highest BCUT2D eigenvalue weighted by molar-refractivity contribution is 5.55. The highest BCUT2D eigenvalue weighted by Crippen LogP contribution is 2.22. The predicted molar refractivity (Wildman–Crippen MR) is 104 cm³/mol. The molecule has 28 heavy (non-hydrogen) atoms. The fraction of sp³-hybridized carbons (Fsp3) is 0.300. The molecule has 2 heterocycles. The molecule has 8 heteroatoms. The lowest BCUT2D eigenvalue weighted by molar-refractivity contribution is -0.931. The van der Waals surface area contributed by atoms with Crippen LogP contribution < -0.4 is 9.80 Å². The summed E-state index contributed by atoms with van der Waals surface area (Å²) < 4.78 is 5.87. The van der Waals surface area contributed by atoms with Crippen LogP contribution >= 0.6 is 0 Å². The average molecular weight is 380 g/mol. The van der Waals surface area contributed by atoms with Gasteiger partial charge in [-0.2, -0.15) is 0 Å². The fourth-order valence-electron chi connectivity index (χ4n) is 3.55. The number of rotatable bonds is 5. The van der Waals surface area contributed by atoms with Crippen molar-refractivity contribution in [3.63, 3.8) is 0 Å². The van der Waals surface area contributed by atoms with Crippen LogP contribution in [0.2, 0.25) is 0 Å². The van der Waals surface area contributed by atoms with E-state index in [0.29, 0.717) is 17.3 Å². The Morgan fingerprint density at radius 3 is 2.39 bits per heavy atom. The van der Waals surface area contributed by atoms with Crippen molar-refractivity contribution in [2.75, 3.05) is 31.1 Å². The van der Waals surface area contributed by atoms with Crippen LogP contribution in [-0.4, -0.2) is 41.3 Å². The lowest BCUT2D eigenvalue weighted by Crippen LogP contribution is -3.14. The molecule has 2 aromatic carbocycles. The van der Waals surface area contributed by atoms with Crippen molar-refractivity contribution in [1.82, 2.24) is 10.2 Å². The van der Waals surface area contributed by atoms with Crippen LogP contribution in [0.3, 0.4) is 0 Å². The number of non-ortho nitro benzene ring substituents is 1. The molecule has 1 N–H and O–H groups in total. The Bertz CT molecular complexity index is 934. The number of aromatic nitrogens is 2. The zero-order valence-electron chi connectivity index (χ0n) is 15.6. The number of anilines is 1. The smallest absolute Gasteiger partial charge is 0.274 e. The second-order valence-corrected chi connectivity index (χ2v) is 6.95. The number of piperazine rings is 1. The largest absolute Gasteiger partial charge is 0.415 e. The first-order valence-corrected chi connectivity index (χ1v) is 9.34. The highest BCUT2D eigenvalue weighted by atomic mass is 16.6. The van der Waals surface area contributed by atoms with Crippen LogP contribution in [0.4, 0.5) is 11.4 Å². The molecule has 0 unspecified atom stereocenters. The molecule has 0 radical (unpaired) electrons. The van der Waals surface area contributed by atoms with Crippen molar-refractivity contribution < 1.29 is 14.2 Å². The third-order valence-corrected chi connectivity index (χ3v) is 5.28. The zero-order valence-corrected chi connectivity index (χ0v) is 15.6. The Morgan fingerprint density at radius 1 is 1.07 bits per heavy atom. The SMILES string of the molecule is C[C@@H](c1nnc(-c2ccc([N+](=O)[O-])cc2)o1)[NH+]1CCN(c2ccccc2)CC1. The normalized spacial score (nSPS) is 16.1. The molecule has 144 valence electrons. The first kappa shape index (κ1) is 18.1. The van der Waals surface area contributed by atoms with Gasteiger partial charge in [0.25, 0.3) is 11.6 Å². The van der Waals surface area contributed by atoms with E-state index in [9.17, 15) is 10.1 Å². The quantitative estimate of drug-likeness (QED) is 0.539. The molecule has 0 bridgehead atoms. The summed E-state index contributed by atoms with van der Waals surface area (Å²) in [6.45, 7) is 6.04. The number of quaternary nitrogens is 1. The summed E-state index contributed by atoms with van der Waals surface area (Å²) in [5, 5.41) is 19.1. The van der Waals surface area contributed by atoms with E-state index in [1.54, 1.807) is 12.1 Å². The van der Waals surface area contributed by atoms with Crippen LogP contribution in [0.15, 0.2) is 59.0 Å². The maximum atomic E-state index is 10.8. The van der Waals surface area contributed by atoms with E-state index in [0.717, 1.165) is 26.2 Å². The number of benzene rings is 2. The number of para-hydroxylation sites is 1. The van der Waals surface area contributed by atoms with Gasteiger partial charge in [-0.15, -0.1) is 10.2 Å². The summed E-state index contributed by atoms with van der Waals surface area (Å²) in [4.78, 5) is 14.2. The van der Waals surface area contributed by atoms with Gasteiger partial charge in [-0.25, -0.2) is 0 Å². The maximum Gasteiger partial charge on any atom is 0.274 e. The molecule has 1 fully saturated rings. The molecule has 1 aromatic heterocycles. The van der Waals surface area contributed by atoms with E-state index in [4.69, 9.17) is 4.42 Å². The minimum absolute atomic E-state index is 0.0394. The van der Waals surface area contributed by atoms with E-state index in [1.165, 1.54) is 22.7 Å². The minimum Gasteiger partial charge on any atom is -0.415 e. The molecular formula is C20H22N5O3+. The standard InChI is InChI=1S/C20H21N5O3/c1-15(23-11-13-24(14-12-23)17-5-3-2-4-6-17)19-21-22-20(28-19)16-7-9-18(10-8-16)25(26)27/h2-10,15H,11-14H2,1H3/p+1/t15-/m0/s1. The third-order valence-electron chi connectivity index (χ3n) is 5.28.